The number of rotatable bonds is 15. The lowest BCUT2D eigenvalue weighted by Gasteiger charge is -2.09. The summed E-state index contributed by atoms with van der Waals surface area (Å²) in [6, 6.07) is -0.0828. The van der Waals surface area contributed by atoms with Crippen LogP contribution in [0.4, 0.5) is 0 Å². The molecular weight excluding hydrogens is 280 g/mol. The highest BCUT2D eigenvalue weighted by molar-refractivity contribution is 7.98. The number of nitrogens with one attached hydrogen (secondary N) is 1. The van der Waals surface area contributed by atoms with Crippen molar-refractivity contribution in [2.24, 2.45) is 0 Å². The molecule has 21 heavy (non-hydrogen) atoms. The average Bonchev–Trinajstić information content (AvgIpc) is 2.49. The minimum absolute atomic E-state index is 0.0828. The van der Waals surface area contributed by atoms with Crippen LogP contribution >= 0.6 is 11.8 Å². The van der Waals surface area contributed by atoms with E-state index in [1.807, 2.05) is 0 Å². The van der Waals surface area contributed by atoms with Crippen LogP contribution in [0.15, 0.2) is 0 Å². The summed E-state index contributed by atoms with van der Waals surface area (Å²) < 4.78 is 0. The summed E-state index contributed by atoms with van der Waals surface area (Å²) in [6.45, 7) is 3.08. The summed E-state index contributed by atoms with van der Waals surface area (Å²) in [6.07, 6.45) is 16.3. The molecule has 0 saturated carbocycles. The van der Waals surface area contributed by atoms with Crippen LogP contribution in [-0.4, -0.2) is 30.5 Å². The second kappa shape index (κ2) is 16.2. The second-order valence-electron chi connectivity index (χ2n) is 5.95. The summed E-state index contributed by atoms with van der Waals surface area (Å²) in [5.74, 6) is 1.14. The summed E-state index contributed by atoms with van der Waals surface area (Å²) in [7, 11) is 0. The molecule has 0 aliphatic heterocycles. The Bertz CT molecular complexity index is 237. The average molecular weight is 318 g/mol. The highest BCUT2D eigenvalue weighted by Gasteiger charge is 2.15. The van der Waals surface area contributed by atoms with Gasteiger partial charge in [0.05, 0.1) is 0 Å². The van der Waals surface area contributed by atoms with E-state index in [0.717, 1.165) is 25.1 Å². The zero-order chi connectivity index (χ0) is 15.8. The third-order valence-corrected chi connectivity index (χ3v) is 4.51. The van der Waals surface area contributed by atoms with E-state index in [4.69, 9.17) is 0 Å². The van der Waals surface area contributed by atoms with Crippen LogP contribution in [0, 0.1) is 0 Å². The molecule has 0 bridgehead atoms. The second-order valence-corrected chi connectivity index (χ2v) is 6.94. The fourth-order valence-electron chi connectivity index (χ4n) is 2.36. The van der Waals surface area contributed by atoms with Gasteiger partial charge in [-0.3, -0.25) is 4.79 Å². The Morgan fingerprint density at radius 2 is 1.52 bits per heavy atom. The Labute approximate surface area is 136 Å². The predicted molar refractivity (Wildman–Crippen MR) is 94.5 cm³/mol. The van der Waals surface area contributed by atoms with E-state index < -0.39 is 0 Å². The third kappa shape index (κ3) is 14.5. The van der Waals surface area contributed by atoms with Crippen LogP contribution in [0.2, 0.25) is 0 Å². The molecule has 4 heteroatoms. The van der Waals surface area contributed by atoms with Crippen LogP contribution in [-0.2, 0) is 4.79 Å². The lowest BCUT2D eigenvalue weighted by atomic mass is 10.1. The van der Waals surface area contributed by atoms with Crippen LogP contribution in [0.3, 0.4) is 0 Å². The molecule has 126 valence electrons. The van der Waals surface area contributed by atoms with Crippen molar-refractivity contribution in [3.8, 4) is 0 Å². The van der Waals surface area contributed by atoms with Crippen LogP contribution in [0.1, 0.15) is 77.6 Å². The first-order chi connectivity index (χ1) is 10.2. The molecule has 0 aliphatic carbocycles. The molecule has 0 radical (unpaired) electrons. The van der Waals surface area contributed by atoms with E-state index in [0.29, 0.717) is 0 Å². The van der Waals surface area contributed by atoms with E-state index in [1.165, 1.54) is 57.8 Å². The first-order valence-corrected chi connectivity index (χ1v) is 10.2. The monoisotopic (exact) mass is 317 g/mol. The van der Waals surface area contributed by atoms with Crippen molar-refractivity contribution in [3.05, 3.63) is 0 Å². The summed E-state index contributed by atoms with van der Waals surface area (Å²) in [5, 5.41) is 3.01. The summed E-state index contributed by atoms with van der Waals surface area (Å²) >= 11 is 1.77. The fourth-order valence-corrected chi connectivity index (χ4v) is 2.88. The number of quaternary nitrogens is 1. The molecule has 0 aliphatic rings. The number of amides is 1. The lowest BCUT2D eigenvalue weighted by molar-refractivity contribution is -0.403. The van der Waals surface area contributed by atoms with Crippen LogP contribution in [0.5, 0.6) is 0 Å². The predicted octanol–water partition coefficient (Wildman–Crippen LogP) is 3.39. The standard InChI is InChI=1S/C17H36N2OS/c1-3-4-5-6-7-8-9-10-11-12-14-19-17(20)16(18)13-15-21-2/h16H,3-15,18H2,1-2H3,(H,19,20)/p+1. The van der Waals surface area contributed by atoms with Crippen LogP contribution in [0.25, 0.3) is 0 Å². The molecule has 1 unspecified atom stereocenters. The van der Waals surface area contributed by atoms with Crippen molar-refractivity contribution in [2.45, 2.75) is 83.6 Å². The maximum Gasteiger partial charge on any atom is 0.278 e. The third-order valence-electron chi connectivity index (χ3n) is 3.87. The Morgan fingerprint density at radius 1 is 1.00 bits per heavy atom. The zero-order valence-corrected chi connectivity index (χ0v) is 15.1. The van der Waals surface area contributed by atoms with Gasteiger partial charge in [0.1, 0.15) is 0 Å². The molecular formula is C17H37N2OS+. The molecule has 0 aromatic carbocycles. The molecule has 0 rings (SSSR count). The van der Waals surface area contributed by atoms with Crippen molar-refractivity contribution in [3.63, 3.8) is 0 Å². The largest absolute Gasteiger partial charge is 0.351 e. The molecule has 0 aromatic rings. The first-order valence-electron chi connectivity index (χ1n) is 8.82. The summed E-state index contributed by atoms with van der Waals surface area (Å²) in [5.41, 5.74) is 3.92. The van der Waals surface area contributed by atoms with E-state index in [2.05, 4.69) is 24.2 Å². The van der Waals surface area contributed by atoms with Crippen molar-refractivity contribution >= 4 is 17.7 Å². The van der Waals surface area contributed by atoms with E-state index >= 15 is 0 Å². The molecule has 0 aromatic heterocycles. The fraction of sp³-hybridized carbons (Fsp3) is 0.941. The Kier molecular flexibility index (Phi) is 16.0. The minimum atomic E-state index is -0.0828. The van der Waals surface area contributed by atoms with Gasteiger partial charge in [-0.25, -0.2) is 0 Å². The SMILES string of the molecule is CCCCCCCCCCCCNC(=O)C([NH3+])CCSC. The molecule has 0 saturated heterocycles. The van der Waals surface area contributed by atoms with Gasteiger partial charge < -0.3 is 11.1 Å². The molecule has 4 N–H and O–H groups in total. The topological polar surface area (TPSA) is 56.7 Å². The van der Waals surface area contributed by atoms with Gasteiger partial charge in [0.25, 0.3) is 5.91 Å². The molecule has 0 fully saturated rings. The number of carbonyl (C=O) groups is 1. The van der Waals surface area contributed by atoms with Crippen LogP contribution < -0.4 is 11.1 Å². The number of carbonyl (C=O) groups excluding carboxylic acids is 1. The van der Waals surface area contributed by atoms with Gasteiger partial charge in [-0.1, -0.05) is 64.7 Å². The van der Waals surface area contributed by atoms with E-state index in [-0.39, 0.29) is 11.9 Å². The van der Waals surface area contributed by atoms with Gasteiger partial charge in [-0.2, -0.15) is 11.8 Å². The Hall–Kier alpha value is -0.220. The number of hydrogen-bond acceptors (Lipinski definition) is 2. The summed E-state index contributed by atoms with van der Waals surface area (Å²) in [4.78, 5) is 11.7. The minimum Gasteiger partial charge on any atom is -0.351 e. The zero-order valence-electron chi connectivity index (χ0n) is 14.3. The van der Waals surface area contributed by atoms with Crippen molar-refractivity contribution in [2.75, 3.05) is 18.6 Å². The maximum absolute atomic E-state index is 11.7. The molecule has 1 amide bonds. The highest BCUT2D eigenvalue weighted by Crippen LogP contribution is 2.10. The van der Waals surface area contributed by atoms with Crippen molar-refractivity contribution in [1.29, 1.82) is 0 Å². The molecule has 0 heterocycles. The molecule has 1 atom stereocenters. The smallest absolute Gasteiger partial charge is 0.278 e. The van der Waals surface area contributed by atoms with Gasteiger partial charge >= 0.3 is 0 Å². The Balaban J connectivity index is 3.23. The molecule has 3 nitrogen and oxygen atoms in total. The highest BCUT2D eigenvalue weighted by atomic mass is 32.2. The maximum atomic E-state index is 11.7. The number of unbranched alkanes of at least 4 members (excludes halogenated alkanes) is 9. The Morgan fingerprint density at radius 3 is 2.05 bits per heavy atom. The lowest BCUT2D eigenvalue weighted by Crippen LogP contribution is -2.67. The van der Waals surface area contributed by atoms with E-state index in [1.54, 1.807) is 11.8 Å². The first kappa shape index (κ1) is 20.8. The van der Waals surface area contributed by atoms with Gasteiger partial charge in [0, 0.05) is 13.0 Å². The van der Waals surface area contributed by atoms with E-state index in [9.17, 15) is 4.79 Å². The number of hydrogen-bond donors (Lipinski definition) is 2. The van der Waals surface area contributed by atoms with Crippen molar-refractivity contribution in [1.82, 2.24) is 5.32 Å². The molecule has 0 spiro atoms. The van der Waals surface area contributed by atoms with Gasteiger partial charge in [0.15, 0.2) is 6.04 Å². The van der Waals surface area contributed by atoms with Gasteiger partial charge in [-0.05, 0) is 18.4 Å². The van der Waals surface area contributed by atoms with Crippen molar-refractivity contribution < 1.29 is 10.5 Å². The number of thioether (sulfide) groups is 1. The van der Waals surface area contributed by atoms with Gasteiger partial charge in [0.2, 0.25) is 0 Å². The normalized spacial score (nSPS) is 12.3. The van der Waals surface area contributed by atoms with Gasteiger partial charge in [-0.15, -0.1) is 0 Å². The quantitative estimate of drug-likeness (QED) is 0.455.